The third-order valence-corrected chi connectivity index (χ3v) is 8.20. The molecule has 3 aliphatic rings. The minimum absolute atomic E-state index is 0.0257. The molecular weight excluding hydrogens is 484 g/mol. The Bertz CT molecular complexity index is 909. The summed E-state index contributed by atoms with van der Waals surface area (Å²) >= 11 is 0. The van der Waals surface area contributed by atoms with Crippen LogP contribution in [0, 0.1) is 17.3 Å². The normalized spacial score (nSPS) is 28.4. The van der Waals surface area contributed by atoms with Crippen molar-refractivity contribution in [1.82, 2.24) is 9.80 Å². The molecule has 38 heavy (non-hydrogen) atoms. The Morgan fingerprint density at radius 3 is 2.50 bits per heavy atom. The van der Waals surface area contributed by atoms with Crippen molar-refractivity contribution in [2.45, 2.75) is 103 Å². The lowest BCUT2D eigenvalue weighted by atomic mass is 9.70. The zero-order valence-corrected chi connectivity index (χ0v) is 24.0. The fourth-order valence-corrected chi connectivity index (χ4v) is 7.16. The third-order valence-electron chi connectivity index (χ3n) is 8.20. The number of nitrogens with zero attached hydrogens (tertiary/aromatic N) is 2. The number of carbonyl (C=O) groups is 3. The molecular formula is C30H48N2O6. The molecule has 3 aliphatic heterocycles. The van der Waals surface area contributed by atoms with Crippen molar-refractivity contribution in [2.75, 3.05) is 26.3 Å². The Balaban J connectivity index is 1.99. The molecule has 2 unspecified atom stereocenters. The van der Waals surface area contributed by atoms with Crippen molar-refractivity contribution in [3.8, 4) is 0 Å². The molecule has 1 N–H and O–H groups in total. The number of fused-ring (bicyclic) bond motifs is 1. The molecule has 8 heteroatoms. The Hall–Kier alpha value is -2.19. The number of unbranched alkanes of at least 4 members (excludes halogenated alkanes) is 2. The highest BCUT2D eigenvalue weighted by Gasteiger charge is 2.75. The Morgan fingerprint density at radius 2 is 1.89 bits per heavy atom. The summed E-state index contributed by atoms with van der Waals surface area (Å²) < 4.78 is 12.0. The van der Waals surface area contributed by atoms with Crippen LogP contribution in [-0.2, 0) is 23.9 Å². The summed E-state index contributed by atoms with van der Waals surface area (Å²) in [6.07, 6.45) is 7.46. The third kappa shape index (κ3) is 5.86. The number of likely N-dealkylation sites (tertiary alicyclic amines) is 1. The molecule has 2 amide bonds. The Labute approximate surface area is 228 Å². The molecule has 2 bridgehead atoms. The number of aliphatic hydroxyl groups is 1. The number of amides is 2. The number of carbonyl (C=O) groups excluding carboxylic acids is 3. The number of hydrogen-bond acceptors (Lipinski definition) is 6. The maximum absolute atomic E-state index is 14.6. The van der Waals surface area contributed by atoms with E-state index in [1.165, 1.54) is 0 Å². The van der Waals surface area contributed by atoms with Crippen molar-refractivity contribution in [3.63, 3.8) is 0 Å². The second kappa shape index (κ2) is 11.9. The summed E-state index contributed by atoms with van der Waals surface area (Å²) in [4.78, 5) is 45.3. The van der Waals surface area contributed by atoms with Crippen LogP contribution >= 0.6 is 0 Å². The zero-order chi connectivity index (χ0) is 28.3. The van der Waals surface area contributed by atoms with Crippen LogP contribution in [0.2, 0.25) is 0 Å². The van der Waals surface area contributed by atoms with Gasteiger partial charge in [-0.1, -0.05) is 32.9 Å². The fraction of sp³-hybridized carbons (Fsp3) is 0.767. The molecule has 5 atom stereocenters. The first-order valence-electron chi connectivity index (χ1n) is 14.1. The van der Waals surface area contributed by atoms with E-state index in [0.29, 0.717) is 45.2 Å². The van der Waals surface area contributed by atoms with Crippen LogP contribution in [0.4, 0.5) is 0 Å². The van der Waals surface area contributed by atoms with E-state index in [9.17, 15) is 19.5 Å². The molecule has 3 saturated heterocycles. The number of hydrogen-bond donors (Lipinski definition) is 1. The predicted octanol–water partition coefficient (Wildman–Crippen LogP) is 3.87. The minimum atomic E-state index is -1.05. The van der Waals surface area contributed by atoms with Crippen molar-refractivity contribution in [1.29, 1.82) is 0 Å². The summed E-state index contributed by atoms with van der Waals surface area (Å²) in [6, 6.07) is -0.815. The smallest absolute Gasteiger partial charge is 0.312 e. The van der Waals surface area contributed by atoms with Gasteiger partial charge in [0.2, 0.25) is 11.8 Å². The van der Waals surface area contributed by atoms with Crippen LogP contribution in [0.1, 0.15) is 79.6 Å². The van der Waals surface area contributed by atoms with E-state index in [-0.39, 0.29) is 30.4 Å². The number of aliphatic hydroxyl groups excluding tert-OH is 1. The summed E-state index contributed by atoms with van der Waals surface area (Å²) in [5.74, 6) is -2.23. The highest BCUT2D eigenvalue weighted by atomic mass is 16.6. The maximum atomic E-state index is 14.6. The topological polar surface area (TPSA) is 96.4 Å². The van der Waals surface area contributed by atoms with Crippen LogP contribution in [0.25, 0.3) is 0 Å². The average Bonchev–Trinajstić information content (AvgIpc) is 3.46. The fourth-order valence-electron chi connectivity index (χ4n) is 7.16. The molecule has 0 aromatic rings. The zero-order valence-electron chi connectivity index (χ0n) is 24.0. The molecule has 0 saturated carbocycles. The van der Waals surface area contributed by atoms with Gasteiger partial charge < -0.3 is 24.4 Å². The van der Waals surface area contributed by atoms with Gasteiger partial charge in [0.1, 0.15) is 11.6 Å². The van der Waals surface area contributed by atoms with Crippen molar-refractivity contribution in [2.24, 2.45) is 17.3 Å². The first kappa shape index (κ1) is 30.4. The van der Waals surface area contributed by atoms with E-state index in [0.717, 1.165) is 12.8 Å². The molecule has 214 valence electrons. The first-order chi connectivity index (χ1) is 17.8. The first-order valence-corrected chi connectivity index (χ1v) is 14.1. The predicted molar refractivity (Wildman–Crippen MR) is 146 cm³/mol. The van der Waals surface area contributed by atoms with E-state index in [1.54, 1.807) is 17.1 Å². The van der Waals surface area contributed by atoms with Gasteiger partial charge in [0.25, 0.3) is 0 Å². The van der Waals surface area contributed by atoms with Gasteiger partial charge >= 0.3 is 5.97 Å². The van der Waals surface area contributed by atoms with Crippen LogP contribution in [-0.4, -0.2) is 82.3 Å². The van der Waals surface area contributed by atoms with Gasteiger partial charge in [-0.2, -0.15) is 0 Å². The molecule has 3 heterocycles. The van der Waals surface area contributed by atoms with E-state index >= 15 is 0 Å². The van der Waals surface area contributed by atoms with Crippen molar-refractivity contribution < 1.29 is 29.0 Å². The molecule has 3 rings (SSSR count). The largest absolute Gasteiger partial charge is 0.465 e. The Morgan fingerprint density at radius 1 is 1.18 bits per heavy atom. The molecule has 1 spiro atoms. The molecule has 3 fully saturated rings. The summed E-state index contributed by atoms with van der Waals surface area (Å²) in [5.41, 5.74) is -1.57. The number of rotatable bonds is 14. The van der Waals surface area contributed by atoms with Gasteiger partial charge in [-0.3, -0.25) is 14.4 Å². The maximum Gasteiger partial charge on any atom is 0.312 e. The highest BCUT2D eigenvalue weighted by Crippen LogP contribution is 2.59. The van der Waals surface area contributed by atoms with E-state index < -0.39 is 41.1 Å². The van der Waals surface area contributed by atoms with Gasteiger partial charge in [0, 0.05) is 25.2 Å². The molecule has 0 aliphatic carbocycles. The number of esters is 1. The van der Waals surface area contributed by atoms with Gasteiger partial charge in [0.05, 0.1) is 24.5 Å². The monoisotopic (exact) mass is 532 g/mol. The van der Waals surface area contributed by atoms with Crippen LogP contribution < -0.4 is 0 Å². The van der Waals surface area contributed by atoms with Crippen LogP contribution in [0.5, 0.6) is 0 Å². The molecule has 0 aromatic carbocycles. The SMILES string of the molecule is C=CCCOC(=O)[C@@H]1[C@H]2C(=O)N(CCCCCO)C(C(=O)N(CC=C)C(C)(C)CC(C)(C)C)C23CC[C@H]1O3. The second-order valence-corrected chi connectivity index (χ2v) is 12.9. The van der Waals surface area contributed by atoms with Crippen LogP contribution in [0.15, 0.2) is 25.3 Å². The summed E-state index contributed by atoms with van der Waals surface area (Å²) in [5, 5.41) is 9.24. The van der Waals surface area contributed by atoms with E-state index in [4.69, 9.17) is 9.47 Å². The lowest BCUT2D eigenvalue weighted by Crippen LogP contribution is -2.61. The van der Waals surface area contributed by atoms with Gasteiger partial charge in [0.15, 0.2) is 0 Å². The molecule has 0 radical (unpaired) electrons. The summed E-state index contributed by atoms with van der Waals surface area (Å²) in [6.45, 7) is 19.2. The lowest BCUT2D eigenvalue weighted by molar-refractivity contribution is -0.156. The average molecular weight is 533 g/mol. The van der Waals surface area contributed by atoms with Crippen molar-refractivity contribution >= 4 is 17.8 Å². The van der Waals surface area contributed by atoms with Gasteiger partial charge in [-0.15, -0.1) is 13.2 Å². The van der Waals surface area contributed by atoms with Gasteiger partial charge in [-0.05, 0) is 64.2 Å². The highest BCUT2D eigenvalue weighted by molar-refractivity contribution is 5.98. The van der Waals surface area contributed by atoms with E-state index in [2.05, 4.69) is 47.8 Å². The van der Waals surface area contributed by atoms with Crippen LogP contribution in [0.3, 0.4) is 0 Å². The van der Waals surface area contributed by atoms with E-state index in [1.807, 2.05) is 4.90 Å². The Kier molecular flexibility index (Phi) is 9.51. The standard InChI is InChI=1S/C30H48N2O6/c1-8-10-19-37-27(36)22-21-14-15-30(38-21)23(22)25(34)31(17-12-11-13-18-33)24(30)26(35)32(16-9-2)29(6,7)20-28(3,4)5/h8-9,21-24,33H,1-2,10-20H2,3-7H3/t21-,22+,23+,24?,30?/m1/s1. The minimum Gasteiger partial charge on any atom is -0.465 e. The number of ether oxygens (including phenoxy) is 2. The molecule has 8 nitrogen and oxygen atoms in total. The lowest BCUT2D eigenvalue weighted by Gasteiger charge is -2.45. The van der Waals surface area contributed by atoms with Gasteiger partial charge in [-0.25, -0.2) is 0 Å². The second-order valence-electron chi connectivity index (χ2n) is 12.9. The quantitative estimate of drug-likeness (QED) is 0.207. The van der Waals surface area contributed by atoms with Crippen molar-refractivity contribution in [3.05, 3.63) is 25.3 Å². The molecule has 0 aromatic heterocycles. The summed E-state index contributed by atoms with van der Waals surface area (Å²) in [7, 11) is 0.